The Balaban J connectivity index is 2.82. The molecular weight excluding hydrogens is 315 g/mol. The zero-order chi connectivity index (χ0) is 17.1. The van der Waals surface area contributed by atoms with E-state index in [1.54, 1.807) is 13.8 Å². The number of hydrogen-bond acceptors (Lipinski definition) is 4. The Morgan fingerprint density at radius 2 is 2.00 bits per heavy atom. The summed E-state index contributed by atoms with van der Waals surface area (Å²) < 4.78 is 49.2. The molecule has 0 fully saturated rings. The van der Waals surface area contributed by atoms with Crippen molar-refractivity contribution in [1.82, 2.24) is 4.57 Å². The quantitative estimate of drug-likeness (QED) is 0.792. The first kappa shape index (κ1) is 16.9. The van der Waals surface area contributed by atoms with E-state index in [4.69, 9.17) is 4.74 Å². The number of hydrogen-bond donors (Lipinski definition) is 0. The van der Waals surface area contributed by atoms with Crippen LogP contribution in [0.1, 0.15) is 24.2 Å². The monoisotopic (exact) mass is 329 g/mol. The van der Waals surface area contributed by atoms with Gasteiger partial charge in [-0.25, -0.2) is 9.18 Å². The summed E-state index contributed by atoms with van der Waals surface area (Å²) >= 11 is 0. The molecule has 0 spiro atoms. The molecule has 1 aromatic heterocycles. The number of carbonyl (C=O) groups is 1. The Labute approximate surface area is 129 Å². The van der Waals surface area contributed by atoms with Crippen LogP contribution in [0.5, 0.6) is 5.75 Å². The van der Waals surface area contributed by atoms with Gasteiger partial charge in [-0.3, -0.25) is 4.79 Å². The molecule has 0 radical (unpaired) electrons. The van der Waals surface area contributed by atoms with E-state index in [-0.39, 0.29) is 29.6 Å². The average Bonchev–Trinajstić information content (AvgIpc) is 2.50. The Morgan fingerprint density at radius 1 is 1.30 bits per heavy atom. The second kappa shape index (κ2) is 6.72. The fraction of sp³-hybridized carbons (Fsp3) is 0.333. The highest BCUT2D eigenvalue weighted by molar-refractivity contribution is 5.95. The molecule has 0 aliphatic carbocycles. The van der Waals surface area contributed by atoms with E-state index in [9.17, 15) is 22.8 Å². The summed E-state index contributed by atoms with van der Waals surface area (Å²) in [7, 11) is 0. The molecule has 2 aromatic rings. The van der Waals surface area contributed by atoms with Gasteiger partial charge in [-0.2, -0.15) is 8.78 Å². The predicted molar refractivity (Wildman–Crippen MR) is 76.4 cm³/mol. The highest BCUT2D eigenvalue weighted by Crippen LogP contribution is 2.29. The van der Waals surface area contributed by atoms with E-state index in [2.05, 4.69) is 4.74 Å². The summed E-state index contributed by atoms with van der Waals surface area (Å²) in [5.74, 6) is -2.59. The van der Waals surface area contributed by atoms with Gasteiger partial charge in [0.2, 0.25) is 5.43 Å². The van der Waals surface area contributed by atoms with Gasteiger partial charge in [0.1, 0.15) is 5.56 Å². The van der Waals surface area contributed by atoms with Crippen molar-refractivity contribution in [3.8, 4) is 5.75 Å². The number of pyridine rings is 1. The summed E-state index contributed by atoms with van der Waals surface area (Å²) in [6.45, 7) is 0.259. The number of carbonyl (C=O) groups excluding carboxylic acids is 1. The van der Waals surface area contributed by atoms with Crippen molar-refractivity contribution < 1.29 is 27.4 Å². The van der Waals surface area contributed by atoms with Gasteiger partial charge in [0.05, 0.1) is 17.5 Å². The lowest BCUT2D eigenvalue weighted by Gasteiger charge is -2.15. The van der Waals surface area contributed by atoms with Gasteiger partial charge >= 0.3 is 12.6 Å². The molecule has 0 N–H and O–H groups in total. The topological polar surface area (TPSA) is 57.5 Å². The third kappa shape index (κ3) is 3.15. The molecule has 8 heteroatoms. The molecule has 0 bridgehead atoms. The molecule has 0 unspecified atom stereocenters. The molecule has 0 atom stereocenters. The predicted octanol–water partition coefficient (Wildman–Crippen LogP) is 2.94. The number of esters is 1. The fourth-order valence-electron chi connectivity index (χ4n) is 2.24. The van der Waals surface area contributed by atoms with E-state index in [1.165, 1.54) is 4.57 Å². The van der Waals surface area contributed by atoms with Gasteiger partial charge in [-0.05, 0) is 26.0 Å². The standard InChI is InChI=1S/C15H14F3NO4/c1-3-19-7-9(14(21)22-4-2)12(20)8-5-6-10(16)13(11(8)19)23-15(17)18/h5-7,15H,3-4H2,1-2H3. The lowest BCUT2D eigenvalue weighted by Crippen LogP contribution is -2.21. The van der Waals surface area contributed by atoms with E-state index in [1.807, 2.05) is 0 Å². The minimum Gasteiger partial charge on any atom is -0.462 e. The van der Waals surface area contributed by atoms with E-state index in [0.29, 0.717) is 0 Å². The molecule has 124 valence electrons. The van der Waals surface area contributed by atoms with Crippen LogP contribution in [0, 0.1) is 5.82 Å². The summed E-state index contributed by atoms with van der Waals surface area (Å²) in [4.78, 5) is 24.2. The van der Waals surface area contributed by atoms with Crippen molar-refractivity contribution in [2.45, 2.75) is 27.0 Å². The summed E-state index contributed by atoms with van der Waals surface area (Å²) in [5.41, 5.74) is -1.12. The second-order valence-corrected chi connectivity index (χ2v) is 4.53. The van der Waals surface area contributed by atoms with E-state index >= 15 is 0 Å². The zero-order valence-electron chi connectivity index (χ0n) is 12.4. The first-order chi connectivity index (χ1) is 10.9. The maximum Gasteiger partial charge on any atom is 0.387 e. The SMILES string of the molecule is CCOC(=O)c1cn(CC)c2c(OC(F)F)c(F)ccc2c1=O. The van der Waals surface area contributed by atoms with Crippen LogP contribution in [0.2, 0.25) is 0 Å². The number of halogens is 3. The molecule has 0 saturated heterocycles. The van der Waals surface area contributed by atoms with Gasteiger partial charge in [-0.15, -0.1) is 0 Å². The summed E-state index contributed by atoms with van der Waals surface area (Å²) in [6, 6.07) is 1.97. The number of alkyl halides is 2. The number of aryl methyl sites for hydroxylation is 1. The summed E-state index contributed by atoms with van der Waals surface area (Å²) in [6.07, 6.45) is 1.15. The van der Waals surface area contributed by atoms with E-state index < -0.39 is 29.6 Å². The van der Waals surface area contributed by atoms with Crippen molar-refractivity contribution in [1.29, 1.82) is 0 Å². The van der Waals surface area contributed by atoms with Crippen LogP contribution < -0.4 is 10.2 Å². The Bertz CT molecular complexity index is 801. The van der Waals surface area contributed by atoms with Gasteiger partial charge in [0, 0.05) is 12.7 Å². The van der Waals surface area contributed by atoms with Crippen LogP contribution >= 0.6 is 0 Å². The minimum atomic E-state index is -3.25. The molecule has 0 aliphatic rings. The lowest BCUT2D eigenvalue weighted by molar-refractivity contribution is -0.0513. The first-order valence-corrected chi connectivity index (χ1v) is 6.88. The maximum absolute atomic E-state index is 13.8. The van der Waals surface area contributed by atoms with Gasteiger partial charge in [0.15, 0.2) is 11.6 Å². The number of ether oxygens (including phenoxy) is 2. The van der Waals surface area contributed by atoms with Crippen LogP contribution in [0.15, 0.2) is 23.1 Å². The lowest BCUT2D eigenvalue weighted by atomic mass is 10.1. The van der Waals surface area contributed by atoms with Crippen LogP contribution in [-0.2, 0) is 11.3 Å². The molecule has 2 rings (SSSR count). The minimum absolute atomic E-state index is 0.0750. The Hall–Kier alpha value is -2.51. The van der Waals surface area contributed by atoms with Crippen LogP contribution in [-0.4, -0.2) is 23.8 Å². The Kier molecular flexibility index (Phi) is 4.92. The van der Waals surface area contributed by atoms with E-state index in [0.717, 1.165) is 18.3 Å². The van der Waals surface area contributed by atoms with Crippen LogP contribution in [0.4, 0.5) is 13.2 Å². The van der Waals surface area contributed by atoms with Crippen LogP contribution in [0.25, 0.3) is 10.9 Å². The van der Waals surface area contributed by atoms with Crippen molar-refractivity contribution in [2.24, 2.45) is 0 Å². The molecule has 5 nitrogen and oxygen atoms in total. The molecule has 23 heavy (non-hydrogen) atoms. The van der Waals surface area contributed by atoms with Crippen LogP contribution in [0.3, 0.4) is 0 Å². The van der Waals surface area contributed by atoms with Gasteiger partial charge in [0.25, 0.3) is 0 Å². The van der Waals surface area contributed by atoms with Crippen molar-refractivity contribution in [3.05, 3.63) is 39.9 Å². The molecular formula is C15H14F3NO4. The maximum atomic E-state index is 13.8. The normalized spacial score (nSPS) is 11.0. The third-order valence-corrected chi connectivity index (χ3v) is 3.19. The number of benzene rings is 1. The van der Waals surface area contributed by atoms with Crippen molar-refractivity contribution in [2.75, 3.05) is 6.61 Å². The zero-order valence-corrected chi connectivity index (χ0v) is 12.4. The highest BCUT2D eigenvalue weighted by atomic mass is 19.3. The van der Waals surface area contributed by atoms with Crippen molar-refractivity contribution >= 4 is 16.9 Å². The number of nitrogens with zero attached hydrogens (tertiary/aromatic N) is 1. The second-order valence-electron chi connectivity index (χ2n) is 4.53. The number of aromatic nitrogens is 1. The van der Waals surface area contributed by atoms with Gasteiger partial charge < -0.3 is 14.0 Å². The first-order valence-electron chi connectivity index (χ1n) is 6.88. The largest absolute Gasteiger partial charge is 0.462 e. The van der Waals surface area contributed by atoms with Gasteiger partial charge in [-0.1, -0.05) is 0 Å². The summed E-state index contributed by atoms with van der Waals surface area (Å²) in [5, 5.41) is -0.102. The number of fused-ring (bicyclic) bond motifs is 1. The third-order valence-electron chi connectivity index (χ3n) is 3.19. The molecule has 0 amide bonds. The highest BCUT2D eigenvalue weighted by Gasteiger charge is 2.22. The molecule has 0 aliphatic heterocycles. The fourth-order valence-corrected chi connectivity index (χ4v) is 2.24. The molecule has 1 heterocycles. The molecule has 0 saturated carbocycles. The average molecular weight is 329 g/mol. The smallest absolute Gasteiger partial charge is 0.387 e. The van der Waals surface area contributed by atoms with Crippen molar-refractivity contribution in [3.63, 3.8) is 0 Å². The molecule has 1 aromatic carbocycles. The number of rotatable bonds is 5. The Morgan fingerprint density at radius 3 is 2.57 bits per heavy atom.